The van der Waals surface area contributed by atoms with Crippen molar-refractivity contribution in [1.29, 1.82) is 0 Å². The Morgan fingerprint density at radius 2 is 2.05 bits per heavy atom. The number of rotatable bonds is 5. The van der Waals surface area contributed by atoms with Gasteiger partial charge in [0.15, 0.2) is 0 Å². The molecule has 2 rings (SSSR count). The van der Waals surface area contributed by atoms with E-state index >= 15 is 0 Å². The summed E-state index contributed by atoms with van der Waals surface area (Å²) < 4.78 is 13.9. The number of nitrogens with zero attached hydrogens (tertiary/aromatic N) is 1. The van der Waals surface area contributed by atoms with Crippen molar-refractivity contribution in [2.75, 3.05) is 20.1 Å². The summed E-state index contributed by atoms with van der Waals surface area (Å²) in [6.45, 7) is 6.02. The van der Waals surface area contributed by atoms with Gasteiger partial charge in [0.05, 0.1) is 0 Å². The molecule has 1 aromatic rings. The molecule has 0 amide bonds. The van der Waals surface area contributed by atoms with Gasteiger partial charge in [-0.1, -0.05) is 25.5 Å². The highest BCUT2D eigenvalue weighted by atomic mass is 19.1. The zero-order valence-electron chi connectivity index (χ0n) is 12.1. The Balaban J connectivity index is 1.96. The summed E-state index contributed by atoms with van der Waals surface area (Å²) in [5.74, 6) is 0.800. The van der Waals surface area contributed by atoms with E-state index in [1.807, 2.05) is 19.2 Å². The van der Waals surface area contributed by atoms with Crippen LogP contribution in [0.25, 0.3) is 0 Å². The molecule has 1 N–H and O–H groups in total. The van der Waals surface area contributed by atoms with Gasteiger partial charge in [0, 0.05) is 18.7 Å². The SMILES string of the molecule is CCC1CCN(Cc2cc(CNC)ccc2F)CC1. The number of hydrogen-bond donors (Lipinski definition) is 1. The highest BCUT2D eigenvalue weighted by Crippen LogP contribution is 2.22. The van der Waals surface area contributed by atoms with Gasteiger partial charge in [0.1, 0.15) is 5.82 Å². The van der Waals surface area contributed by atoms with Gasteiger partial charge in [0.2, 0.25) is 0 Å². The van der Waals surface area contributed by atoms with E-state index in [0.29, 0.717) is 0 Å². The summed E-state index contributed by atoms with van der Waals surface area (Å²) in [6.07, 6.45) is 3.79. The Morgan fingerprint density at radius 3 is 2.68 bits per heavy atom. The van der Waals surface area contributed by atoms with E-state index < -0.39 is 0 Å². The lowest BCUT2D eigenvalue weighted by atomic mass is 9.94. The van der Waals surface area contributed by atoms with Gasteiger partial charge in [-0.25, -0.2) is 4.39 Å². The van der Waals surface area contributed by atoms with Crippen molar-refractivity contribution in [1.82, 2.24) is 10.2 Å². The summed E-state index contributed by atoms with van der Waals surface area (Å²) >= 11 is 0. The topological polar surface area (TPSA) is 15.3 Å². The molecule has 2 nitrogen and oxygen atoms in total. The van der Waals surface area contributed by atoms with Crippen LogP contribution in [-0.2, 0) is 13.1 Å². The van der Waals surface area contributed by atoms with Crippen molar-refractivity contribution in [3.05, 3.63) is 35.1 Å². The van der Waals surface area contributed by atoms with Gasteiger partial charge < -0.3 is 5.32 Å². The average molecular weight is 264 g/mol. The molecule has 0 saturated carbocycles. The molecule has 0 aromatic heterocycles. The number of likely N-dealkylation sites (tertiary alicyclic amines) is 1. The molecule has 0 bridgehead atoms. The normalized spacial score (nSPS) is 17.8. The molecule has 1 aliphatic heterocycles. The molecule has 3 heteroatoms. The molecule has 1 heterocycles. The van der Waals surface area contributed by atoms with Gasteiger partial charge >= 0.3 is 0 Å². The standard InChI is InChI=1S/C16H25FN2/c1-3-13-6-8-19(9-7-13)12-15-10-14(11-18-2)4-5-16(15)17/h4-5,10,13,18H,3,6-9,11-12H2,1-2H3. The van der Waals surface area contributed by atoms with E-state index in [2.05, 4.69) is 17.1 Å². The number of hydrogen-bond acceptors (Lipinski definition) is 2. The van der Waals surface area contributed by atoms with Crippen LogP contribution in [0.3, 0.4) is 0 Å². The second-order valence-corrected chi connectivity index (χ2v) is 5.58. The first-order chi connectivity index (χ1) is 9.22. The van der Waals surface area contributed by atoms with E-state index in [4.69, 9.17) is 0 Å². The zero-order valence-corrected chi connectivity index (χ0v) is 12.1. The third-order valence-electron chi connectivity index (χ3n) is 4.17. The van der Waals surface area contributed by atoms with Crippen LogP contribution in [0.4, 0.5) is 4.39 Å². The lowest BCUT2D eigenvalue weighted by molar-refractivity contribution is 0.173. The van der Waals surface area contributed by atoms with Crippen LogP contribution < -0.4 is 5.32 Å². The Kier molecular flexibility index (Phi) is 5.34. The first-order valence-corrected chi connectivity index (χ1v) is 7.37. The maximum absolute atomic E-state index is 13.9. The zero-order chi connectivity index (χ0) is 13.7. The first-order valence-electron chi connectivity index (χ1n) is 7.37. The molecule has 1 aliphatic rings. The second-order valence-electron chi connectivity index (χ2n) is 5.58. The van der Waals surface area contributed by atoms with Gasteiger partial charge in [-0.15, -0.1) is 0 Å². The number of nitrogens with one attached hydrogen (secondary N) is 1. The molecule has 0 atom stereocenters. The van der Waals surface area contributed by atoms with Crippen molar-refractivity contribution in [2.24, 2.45) is 5.92 Å². The minimum absolute atomic E-state index is 0.0718. The first kappa shape index (κ1) is 14.5. The highest BCUT2D eigenvalue weighted by molar-refractivity contribution is 5.25. The van der Waals surface area contributed by atoms with Gasteiger partial charge in [-0.3, -0.25) is 4.90 Å². The molecule has 1 aromatic carbocycles. The minimum atomic E-state index is -0.0718. The largest absolute Gasteiger partial charge is 0.316 e. The van der Waals surface area contributed by atoms with Crippen LogP contribution in [0.15, 0.2) is 18.2 Å². The maximum atomic E-state index is 13.9. The Bertz CT molecular complexity index is 398. The van der Waals surface area contributed by atoms with Crippen molar-refractivity contribution in [2.45, 2.75) is 39.3 Å². The van der Waals surface area contributed by atoms with Crippen LogP contribution in [0.5, 0.6) is 0 Å². The predicted molar refractivity (Wildman–Crippen MR) is 77.5 cm³/mol. The van der Waals surface area contributed by atoms with Crippen LogP contribution in [-0.4, -0.2) is 25.0 Å². The third kappa shape index (κ3) is 4.02. The summed E-state index contributed by atoms with van der Waals surface area (Å²) in [6, 6.07) is 5.46. The van der Waals surface area contributed by atoms with E-state index in [9.17, 15) is 4.39 Å². The van der Waals surface area contributed by atoms with E-state index in [1.165, 1.54) is 19.3 Å². The molecule has 1 fully saturated rings. The molecular formula is C16H25FN2. The van der Waals surface area contributed by atoms with Crippen molar-refractivity contribution in [3.8, 4) is 0 Å². The molecule has 19 heavy (non-hydrogen) atoms. The lowest BCUT2D eigenvalue weighted by Gasteiger charge is -2.31. The molecule has 1 saturated heterocycles. The molecule has 106 valence electrons. The van der Waals surface area contributed by atoms with Crippen molar-refractivity contribution >= 4 is 0 Å². The number of halogens is 1. The summed E-state index contributed by atoms with van der Waals surface area (Å²) in [7, 11) is 1.92. The van der Waals surface area contributed by atoms with E-state index in [1.54, 1.807) is 6.07 Å². The second kappa shape index (κ2) is 7.01. The molecule has 0 aliphatic carbocycles. The Morgan fingerprint density at radius 1 is 1.32 bits per heavy atom. The minimum Gasteiger partial charge on any atom is -0.316 e. The quantitative estimate of drug-likeness (QED) is 0.879. The fourth-order valence-corrected chi connectivity index (χ4v) is 2.86. The summed E-state index contributed by atoms with van der Waals surface area (Å²) in [5.41, 5.74) is 1.99. The fraction of sp³-hybridized carbons (Fsp3) is 0.625. The van der Waals surface area contributed by atoms with E-state index in [-0.39, 0.29) is 5.82 Å². The smallest absolute Gasteiger partial charge is 0.127 e. The monoisotopic (exact) mass is 264 g/mol. The van der Waals surface area contributed by atoms with Gasteiger partial charge in [-0.05, 0) is 50.5 Å². The van der Waals surface area contributed by atoms with Crippen molar-refractivity contribution in [3.63, 3.8) is 0 Å². The molecule has 0 radical (unpaired) electrons. The van der Waals surface area contributed by atoms with Crippen LogP contribution in [0, 0.1) is 11.7 Å². The van der Waals surface area contributed by atoms with Crippen molar-refractivity contribution < 1.29 is 4.39 Å². The lowest BCUT2D eigenvalue weighted by Crippen LogP contribution is -2.33. The summed E-state index contributed by atoms with van der Waals surface area (Å²) in [4.78, 5) is 2.38. The molecule has 0 unspecified atom stereocenters. The average Bonchev–Trinajstić information content (AvgIpc) is 2.44. The van der Waals surface area contributed by atoms with Crippen LogP contribution in [0.1, 0.15) is 37.3 Å². The number of benzene rings is 1. The maximum Gasteiger partial charge on any atom is 0.127 e. The highest BCUT2D eigenvalue weighted by Gasteiger charge is 2.18. The van der Waals surface area contributed by atoms with Crippen LogP contribution >= 0.6 is 0 Å². The Labute approximate surface area is 116 Å². The van der Waals surface area contributed by atoms with Gasteiger partial charge in [0.25, 0.3) is 0 Å². The summed E-state index contributed by atoms with van der Waals surface area (Å²) in [5, 5.41) is 3.11. The predicted octanol–water partition coefficient (Wildman–Crippen LogP) is 3.17. The number of piperidine rings is 1. The van der Waals surface area contributed by atoms with E-state index in [0.717, 1.165) is 43.2 Å². The molecular weight excluding hydrogens is 239 g/mol. The van der Waals surface area contributed by atoms with Gasteiger partial charge in [-0.2, -0.15) is 0 Å². The van der Waals surface area contributed by atoms with Crippen LogP contribution in [0.2, 0.25) is 0 Å². The Hall–Kier alpha value is -0.930. The fourth-order valence-electron chi connectivity index (χ4n) is 2.86. The molecule has 0 spiro atoms. The third-order valence-corrected chi connectivity index (χ3v) is 4.17.